The van der Waals surface area contributed by atoms with Crippen molar-refractivity contribution in [2.75, 3.05) is 33.0 Å². The summed E-state index contributed by atoms with van der Waals surface area (Å²) in [5, 5.41) is 21.2. The lowest BCUT2D eigenvalue weighted by atomic mass is 9.97. The normalized spacial score (nSPS) is 11.9. The highest BCUT2D eigenvalue weighted by Crippen LogP contribution is 2.36. The predicted octanol–water partition coefficient (Wildman–Crippen LogP) is 7.68. The zero-order valence-electron chi connectivity index (χ0n) is 29.7. The maximum absolute atomic E-state index is 13.3. The number of carboxylic acid groups (broad SMARTS) is 2. The second kappa shape index (κ2) is 19.9. The summed E-state index contributed by atoms with van der Waals surface area (Å²) in [7, 11) is 0. The molecule has 4 aromatic carbocycles. The number of aryl methyl sites for hydroxylation is 1. The van der Waals surface area contributed by atoms with E-state index >= 15 is 0 Å². The lowest BCUT2D eigenvalue weighted by molar-refractivity contribution is -0.138. The van der Waals surface area contributed by atoms with Gasteiger partial charge >= 0.3 is 11.9 Å². The molecule has 0 unspecified atom stereocenters. The van der Waals surface area contributed by atoms with E-state index in [2.05, 4.69) is 5.32 Å². The summed E-state index contributed by atoms with van der Waals surface area (Å²) in [6.07, 6.45) is 5.57. The Labute approximate surface area is 308 Å². The molecule has 1 heterocycles. The van der Waals surface area contributed by atoms with Crippen LogP contribution >= 0.6 is 0 Å². The van der Waals surface area contributed by atoms with Gasteiger partial charge in [-0.3, -0.25) is 14.4 Å². The molecule has 0 bridgehead atoms. The van der Waals surface area contributed by atoms with Gasteiger partial charge in [-0.15, -0.1) is 0 Å². The van der Waals surface area contributed by atoms with Crippen molar-refractivity contribution in [2.24, 2.45) is 0 Å². The minimum atomic E-state index is -0.886. The van der Waals surface area contributed by atoms with Gasteiger partial charge in [0.15, 0.2) is 11.5 Å². The first-order valence-electron chi connectivity index (χ1n) is 18.1. The molecule has 3 N–H and O–H groups in total. The Morgan fingerprint density at radius 1 is 0.698 bits per heavy atom. The third-order valence-corrected chi connectivity index (χ3v) is 8.88. The van der Waals surface area contributed by atoms with E-state index in [0.717, 1.165) is 59.9 Å². The van der Waals surface area contributed by atoms with Crippen LogP contribution in [-0.4, -0.2) is 61.0 Å². The van der Waals surface area contributed by atoms with Gasteiger partial charge in [0, 0.05) is 24.9 Å². The molecule has 1 aliphatic heterocycles. The standard InChI is InChI=1S/C42H46FNO9/c43-34-14-11-29(12-15-34)19-20-44-42(49)33-25-32(31-13-17-38-39(28-31)53-24-23-52-38)26-35(27-33)50-21-4-2-1-3-7-30-8-5-9-37(36(30)16-18-41(47)48)51-22-6-10-40(45)46/h5,8-9,11-15,17,25-28H,1-4,6-7,10,16,18-24H2,(H,44,49)(H,45,46)(H,47,48). The minimum absolute atomic E-state index is 0.00964. The van der Waals surface area contributed by atoms with Gasteiger partial charge < -0.3 is 34.5 Å². The number of rotatable bonds is 21. The minimum Gasteiger partial charge on any atom is -0.494 e. The number of amides is 1. The molecule has 1 aliphatic rings. The van der Waals surface area contributed by atoms with Crippen molar-refractivity contribution in [3.63, 3.8) is 0 Å². The fourth-order valence-corrected chi connectivity index (χ4v) is 6.14. The molecule has 280 valence electrons. The summed E-state index contributed by atoms with van der Waals surface area (Å²) in [5.41, 5.74) is 4.94. The highest BCUT2D eigenvalue weighted by molar-refractivity contribution is 5.96. The van der Waals surface area contributed by atoms with Crippen LogP contribution in [0.2, 0.25) is 0 Å². The molecule has 5 rings (SSSR count). The van der Waals surface area contributed by atoms with Crippen LogP contribution in [0.4, 0.5) is 4.39 Å². The quantitative estimate of drug-likeness (QED) is 0.0738. The van der Waals surface area contributed by atoms with Gasteiger partial charge in [0.1, 0.15) is 30.5 Å². The lowest BCUT2D eigenvalue weighted by Gasteiger charge is -2.19. The molecule has 0 saturated carbocycles. The zero-order valence-corrected chi connectivity index (χ0v) is 29.7. The van der Waals surface area contributed by atoms with Gasteiger partial charge in [0.25, 0.3) is 5.91 Å². The van der Waals surface area contributed by atoms with Gasteiger partial charge in [-0.25, -0.2) is 4.39 Å². The van der Waals surface area contributed by atoms with Gasteiger partial charge in [-0.1, -0.05) is 43.2 Å². The fourth-order valence-electron chi connectivity index (χ4n) is 6.14. The van der Waals surface area contributed by atoms with Crippen molar-refractivity contribution in [1.82, 2.24) is 5.32 Å². The second-order valence-corrected chi connectivity index (χ2v) is 12.9. The van der Waals surface area contributed by atoms with E-state index in [1.165, 1.54) is 12.1 Å². The molecule has 11 heteroatoms. The first-order valence-corrected chi connectivity index (χ1v) is 18.1. The third-order valence-electron chi connectivity index (χ3n) is 8.88. The van der Waals surface area contributed by atoms with Crippen LogP contribution in [0.15, 0.2) is 78.9 Å². The van der Waals surface area contributed by atoms with Crippen molar-refractivity contribution in [1.29, 1.82) is 0 Å². The number of fused-ring (bicyclic) bond motifs is 1. The third kappa shape index (κ3) is 12.3. The molecule has 10 nitrogen and oxygen atoms in total. The van der Waals surface area contributed by atoms with Gasteiger partial charge in [-0.05, 0) is 115 Å². The number of unbranched alkanes of at least 4 members (excludes halogenated alkanes) is 3. The van der Waals surface area contributed by atoms with E-state index in [4.69, 9.17) is 24.1 Å². The topological polar surface area (TPSA) is 141 Å². The Balaban J connectivity index is 1.16. The van der Waals surface area contributed by atoms with Crippen molar-refractivity contribution in [2.45, 2.75) is 64.2 Å². The first-order chi connectivity index (χ1) is 25.7. The van der Waals surface area contributed by atoms with Gasteiger partial charge in [-0.2, -0.15) is 0 Å². The number of carboxylic acids is 2. The Morgan fingerprint density at radius 3 is 2.25 bits per heavy atom. The number of carbonyl (C=O) groups is 3. The van der Waals surface area contributed by atoms with Crippen LogP contribution < -0.4 is 24.3 Å². The molecule has 53 heavy (non-hydrogen) atoms. The molecule has 4 aromatic rings. The molecule has 0 spiro atoms. The lowest BCUT2D eigenvalue weighted by Crippen LogP contribution is -2.25. The van der Waals surface area contributed by atoms with Crippen molar-refractivity contribution in [3.8, 4) is 34.1 Å². The maximum atomic E-state index is 13.3. The first kappa shape index (κ1) is 38.6. The van der Waals surface area contributed by atoms with E-state index in [-0.39, 0.29) is 31.2 Å². The molecular formula is C42H46FNO9. The number of halogens is 1. The molecular weight excluding hydrogens is 681 g/mol. The summed E-state index contributed by atoms with van der Waals surface area (Å²) in [6.45, 7) is 2.05. The Morgan fingerprint density at radius 2 is 1.45 bits per heavy atom. The van der Waals surface area contributed by atoms with Crippen molar-refractivity contribution in [3.05, 3.63) is 107 Å². The Hall–Kier alpha value is -5.58. The summed E-state index contributed by atoms with van der Waals surface area (Å²) >= 11 is 0. The monoisotopic (exact) mass is 727 g/mol. The van der Waals surface area contributed by atoms with Crippen LogP contribution in [0.5, 0.6) is 23.0 Å². The van der Waals surface area contributed by atoms with E-state index in [0.29, 0.717) is 74.2 Å². The van der Waals surface area contributed by atoms with Crippen LogP contribution in [0.25, 0.3) is 11.1 Å². The average molecular weight is 728 g/mol. The fraction of sp³-hybridized carbons (Fsp3) is 0.357. The Bertz CT molecular complexity index is 1840. The molecule has 0 radical (unpaired) electrons. The number of hydrogen-bond acceptors (Lipinski definition) is 7. The van der Waals surface area contributed by atoms with Gasteiger partial charge in [0.2, 0.25) is 0 Å². The van der Waals surface area contributed by atoms with E-state index in [1.807, 2.05) is 48.5 Å². The number of carbonyl (C=O) groups excluding carboxylic acids is 1. The van der Waals surface area contributed by atoms with Crippen LogP contribution in [0, 0.1) is 5.82 Å². The van der Waals surface area contributed by atoms with E-state index in [9.17, 15) is 23.9 Å². The average Bonchev–Trinajstić information content (AvgIpc) is 3.16. The number of nitrogens with one attached hydrogen (secondary N) is 1. The van der Waals surface area contributed by atoms with Crippen molar-refractivity contribution >= 4 is 17.8 Å². The zero-order chi connectivity index (χ0) is 37.4. The van der Waals surface area contributed by atoms with Gasteiger partial charge in [0.05, 0.1) is 13.2 Å². The van der Waals surface area contributed by atoms with Crippen LogP contribution in [-0.2, 0) is 28.9 Å². The van der Waals surface area contributed by atoms with E-state index in [1.54, 1.807) is 18.2 Å². The number of benzene rings is 4. The maximum Gasteiger partial charge on any atom is 0.303 e. The molecule has 0 aliphatic carbocycles. The number of aliphatic carboxylic acids is 2. The molecule has 0 atom stereocenters. The summed E-state index contributed by atoms with van der Waals surface area (Å²) in [4.78, 5) is 35.5. The summed E-state index contributed by atoms with van der Waals surface area (Å²) in [6, 6.07) is 23.1. The van der Waals surface area contributed by atoms with Crippen LogP contribution in [0.3, 0.4) is 0 Å². The van der Waals surface area contributed by atoms with Crippen LogP contribution in [0.1, 0.15) is 72.0 Å². The smallest absolute Gasteiger partial charge is 0.303 e. The predicted molar refractivity (Wildman–Crippen MR) is 198 cm³/mol. The number of hydrogen-bond donors (Lipinski definition) is 3. The number of ether oxygens (including phenoxy) is 4. The highest BCUT2D eigenvalue weighted by Gasteiger charge is 2.16. The Kier molecular flexibility index (Phi) is 14.5. The molecule has 1 amide bonds. The van der Waals surface area contributed by atoms with E-state index < -0.39 is 11.9 Å². The molecule has 0 fully saturated rings. The SMILES string of the molecule is O=C(O)CCCOc1cccc(CCCCCCOc2cc(C(=O)NCCc3ccc(F)cc3)cc(-c3ccc4c(c3)OCCO4)c2)c1CCC(=O)O. The molecule has 0 aromatic heterocycles. The molecule has 0 saturated heterocycles. The summed E-state index contributed by atoms with van der Waals surface area (Å²) in [5.74, 6) is 0.201. The van der Waals surface area contributed by atoms with Crippen molar-refractivity contribution < 1.29 is 47.9 Å². The second-order valence-electron chi connectivity index (χ2n) is 12.9. The summed E-state index contributed by atoms with van der Waals surface area (Å²) < 4.78 is 36.8. The largest absolute Gasteiger partial charge is 0.494 e. The highest BCUT2D eigenvalue weighted by atomic mass is 19.1.